The number of imidazole rings is 1. The highest BCUT2D eigenvalue weighted by molar-refractivity contribution is 5.92. The van der Waals surface area contributed by atoms with E-state index in [1.54, 1.807) is 23.2 Å². The summed E-state index contributed by atoms with van der Waals surface area (Å²) in [4.78, 5) is 38.9. The third kappa shape index (κ3) is 2.49. The monoisotopic (exact) mass is 326 g/mol. The standard InChI is InChI=1S/C15H14N6O3/c22-14(10-8-17-15(23)18-10)21-7-3-5-11(21)13-19-12(20-24-13)9-4-1-2-6-16-9/h1-2,4,6,8,11H,3,5,7H2,(H2,17,18,23)/t11-/m0/s1. The summed E-state index contributed by atoms with van der Waals surface area (Å²) in [6.45, 7) is 0.567. The fourth-order valence-corrected chi connectivity index (χ4v) is 2.84. The number of aromatic nitrogens is 5. The maximum Gasteiger partial charge on any atom is 0.323 e. The van der Waals surface area contributed by atoms with Gasteiger partial charge in [-0.25, -0.2) is 4.79 Å². The number of H-pyrrole nitrogens is 2. The number of hydrogen-bond acceptors (Lipinski definition) is 6. The fourth-order valence-electron chi connectivity index (χ4n) is 2.84. The number of pyridine rings is 1. The second-order valence-corrected chi connectivity index (χ2v) is 5.48. The lowest BCUT2D eigenvalue weighted by atomic mass is 10.2. The van der Waals surface area contributed by atoms with E-state index in [0.717, 1.165) is 12.8 Å². The highest BCUT2D eigenvalue weighted by atomic mass is 16.5. The fraction of sp³-hybridized carbons (Fsp3) is 0.267. The lowest BCUT2D eigenvalue weighted by Crippen LogP contribution is -2.31. The molecule has 122 valence electrons. The van der Waals surface area contributed by atoms with E-state index in [9.17, 15) is 9.59 Å². The molecule has 0 saturated carbocycles. The van der Waals surface area contributed by atoms with Gasteiger partial charge in [0, 0.05) is 18.9 Å². The number of carbonyl (C=O) groups excluding carboxylic acids is 1. The molecule has 2 N–H and O–H groups in total. The molecule has 1 atom stereocenters. The largest absolute Gasteiger partial charge is 0.337 e. The van der Waals surface area contributed by atoms with Gasteiger partial charge in [0.1, 0.15) is 17.4 Å². The number of rotatable bonds is 3. The molecule has 1 amide bonds. The van der Waals surface area contributed by atoms with E-state index < -0.39 is 5.69 Å². The molecule has 0 spiro atoms. The van der Waals surface area contributed by atoms with Crippen molar-refractivity contribution in [2.75, 3.05) is 6.54 Å². The summed E-state index contributed by atoms with van der Waals surface area (Å²) in [5.41, 5.74) is 0.416. The Bertz CT molecular complexity index is 912. The minimum Gasteiger partial charge on any atom is -0.337 e. The molecule has 0 unspecified atom stereocenters. The van der Waals surface area contributed by atoms with E-state index in [4.69, 9.17) is 4.52 Å². The summed E-state index contributed by atoms with van der Waals surface area (Å²) in [6, 6.07) is 5.13. The van der Waals surface area contributed by atoms with Gasteiger partial charge in [-0.15, -0.1) is 0 Å². The van der Waals surface area contributed by atoms with Crippen molar-refractivity contribution >= 4 is 5.91 Å². The van der Waals surface area contributed by atoms with Crippen molar-refractivity contribution in [2.24, 2.45) is 0 Å². The van der Waals surface area contributed by atoms with Crippen LogP contribution >= 0.6 is 0 Å². The molecule has 0 bridgehead atoms. The Kier molecular flexibility index (Phi) is 3.45. The third-order valence-electron chi connectivity index (χ3n) is 3.96. The zero-order valence-electron chi connectivity index (χ0n) is 12.6. The maximum absolute atomic E-state index is 12.6. The summed E-state index contributed by atoms with van der Waals surface area (Å²) >= 11 is 0. The lowest BCUT2D eigenvalue weighted by molar-refractivity contribution is 0.0704. The molecule has 24 heavy (non-hydrogen) atoms. The van der Waals surface area contributed by atoms with Crippen LogP contribution in [0.5, 0.6) is 0 Å². The predicted molar refractivity (Wildman–Crippen MR) is 82.0 cm³/mol. The molecule has 0 aromatic carbocycles. The number of carbonyl (C=O) groups is 1. The van der Waals surface area contributed by atoms with Gasteiger partial charge in [-0.1, -0.05) is 11.2 Å². The molecule has 0 radical (unpaired) electrons. The molecule has 3 aromatic heterocycles. The van der Waals surface area contributed by atoms with Crippen LogP contribution in [0.3, 0.4) is 0 Å². The first kappa shape index (κ1) is 14.4. The number of nitrogens with one attached hydrogen (secondary N) is 2. The summed E-state index contributed by atoms with van der Waals surface area (Å²) in [5.74, 6) is 0.493. The average molecular weight is 326 g/mol. The highest BCUT2D eigenvalue weighted by Crippen LogP contribution is 2.32. The van der Waals surface area contributed by atoms with Gasteiger partial charge in [-0.3, -0.25) is 9.78 Å². The van der Waals surface area contributed by atoms with Gasteiger partial charge < -0.3 is 19.4 Å². The molecule has 3 aromatic rings. The minimum atomic E-state index is -0.413. The SMILES string of the molecule is O=C(c1c[nH]c(=O)[nH]1)N1CCC[C@H]1c1nc(-c2ccccn2)no1. The molecule has 1 saturated heterocycles. The quantitative estimate of drug-likeness (QED) is 0.744. The molecular formula is C15H14N6O3. The first-order valence-corrected chi connectivity index (χ1v) is 7.56. The van der Waals surface area contributed by atoms with Crippen LogP contribution in [-0.4, -0.2) is 42.4 Å². The van der Waals surface area contributed by atoms with Gasteiger partial charge in [-0.2, -0.15) is 4.98 Å². The number of nitrogens with zero attached hydrogens (tertiary/aromatic N) is 4. The van der Waals surface area contributed by atoms with Crippen molar-refractivity contribution in [3.8, 4) is 11.5 Å². The van der Waals surface area contributed by atoms with Crippen molar-refractivity contribution in [2.45, 2.75) is 18.9 Å². The first-order chi connectivity index (χ1) is 11.7. The summed E-state index contributed by atoms with van der Waals surface area (Å²) < 4.78 is 5.35. The normalized spacial score (nSPS) is 17.3. The minimum absolute atomic E-state index is 0.219. The summed E-state index contributed by atoms with van der Waals surface area (Å²) in [7, 11) is 0. The van der Waals surface area contributed by atoms with Crippen molar-refractivity contribution in [3.05, 3.63) is 52.7 Å². The van der Waals surface area contributed by atoms with Gasteiger partial charge in [0.25, 0.3) is 5.91 Å². The van der Waals surface area contributed by atoms with Gasteiger partial charge in [-0.05, 0) is 25.0 Å². The Hall–Kier alpha value is -3.23. The van der Waals surface area contributed by atoms with Crippen LogP contribution in [0.1, 0.15) is 35.3 Å². The van der Waals surface area contributed by atoms with E-state index in [2.05, 4.69) is 25.1 Å². The van der Waals surface area contributed by atoms with E-state index >= 15 is 0 Å². The Labute approximate surface area is 135 Å². The molecule has 9 heteroatoms. The molecule has 1 fully saturated rings. The van der Waals surface area contributed by atoms with Crippen LogP contribution in [0.15, 0.2) is 39.9 Å². The van der Waals surface area contributed by atoms with Crippen LogP contribution in [-0.2, 0) is 0 Å². The molecule has 1 aliphatic rings. The molecule has 4 rings (SSSR count). The van der Waals surface area contributed by atoms with Gasteiger partial charge >= 0.3 is 5.69 Å². The van der Waals surface area contributed by atoms with Gasteiger partial charge in [0.2, 0.25) is 11.7 Å². The van der Waals surface area contributed by atoms with Crippen molar-refractivity contribution in [1.82, 2.24) is 30.0 Å². The smallest absolute Gasteiger partial charge is 0.323 e. The van der Waals surface area contributed by atoms with E-state index in [-0.39, 0.29) is 17.6 Å². The second-order valence-electron chi connectivity index (χ2n) is 5.48. The molecule has 0 aliphatic carbocycles. The average Bonchev–Trinajstić information content (AvgIpc) is 3.34. The van der Waals surface area contributed by atoms with Crippen LogP contribution < -0.4 is 5.69 Å². The van der Waals surface area contributed by atoms with Crippen molar-refractivity contribution < 1.29 is 9.32 Å². The molecule has 1 aliphatic heterocycles. The van der Waals surface area contributed by atoms with Crippen LogP contribution in [0.25, 0.3) is 11.5 Å². The zero-order valence-corrected chi connectivity index (χ0v) is 12.6. The Morgan fingerprint density at radius 3 is 3.04 bits per heavy atom. The van der Waals surface area contributed by atoms with E-state index in [1.807, 2.05) is 6.07 Å². The van der Waals surface area contributed by atoms with Crippen molar-refractivity contribution in [3.63, 3.8) is 0 Å². The third-order valence-corrected chi connectivity index (χ3v) is 3.96. The van der Waals surface area contributed by atoms with Crippen LogP contribution in [0, 0.1) is 0 Å². The van der Waals surface area contributed by atoms with Crippen molar-refractivity contribution in [1.29, 1.82) is 0 Å². The number of likely N-dealkylation sites (tertiary alicyclic amines) is 1. The van der Waals surface area contributed by atoms with Crippen LogP contribution in [0.4, 0.5) is 0 Å². The topological polar surface area (TPSA) is 121 Å². The predicted octanol–water partition coefficient (Wildman–Crippen LogP) is 1.13. The molecule has 4 heterocycles. The Morgan fingerprint density at radius 1 is 1.38 bits per heavy atom. The van der Waals surface area contributed by atoms with Crippen LogP contribution in [0.2, 0.25) is 0 Å². The Balaban J connectivity index is 1.60. The van der Waals surface area contributed by atoms with E-state index in [1.165, 1.54) is 6.20 Å². The summed E-state index contributed by atoms with van der Waals surface area (Å²) in [5, 5.41) is 3.95. The van der Waals surface area contributed by atoms with Gasteiger partial charge in [0.15, 0.2) is 0 Å². The second kappa shape index (κ2) is 5.76. The highest BCUT2D eigenvalue weighted by Gasteiger charge is 2.35. The molecule has 9 nitrogen and oxygen atoms in total. The van der Waals surface area contributed by atoms with E-state index in [0.29, 0.717) is 24.0 Å². The molecular weight excluding hydrogens is 312 g/mol. The lowest BCUT2D eigenvalue weighted by Gasteiger charge is -2.20. The summed E-state index contributed by atoms with van der Waals surface area (Å²) in [6.07, 6.45) is 4.57. The Morgan fingerprint density at radius 2 is 2.29 bits per heavy atom. The number of amides is 1. The zero-order chi connectivity index (χ0) is 16.5. The first-order valence-electron chi connectivity index (χ1n) is 7.56. The van der Waals surface area contributed by atoms with Gasteiger partial charge in [0.05, 0.1) is 0 Å². The number of hydrogen-bond donors (Lipinski definition) is 2. The number of aromatic amines is 2. The maximum atomic E-state index is 12.6.